The van der Waals surface area contributed by atoms with E-state index in [1.807, 2.05) is 0 Å². The van der Waals surface area contributed by atoms with Gasteiger partial charge in [0.1, 0.15) is 6.04 Å². The molecular weight excluding hydrogens is 315 g/mol. The molecule has 2 bridgehead atoms. The number of hydrogen-bond donors (Lipinski definition) is 1. The number of amides is 1. The van der Waals surface area contributed by atoms with E-state index in [0.717, 1.165) is 31.7 Å². The smallest absolute Gasteiger partial charge is 0.492 e. The highest BCUT2D eigenvalue weighted by Crippen LogP contribution is 2.66. The van der Waals surface area contributed by atoms with Crippen LogP contribution in [-0.4, -0.2) is 47.7 Å². The first-order valence-electron chi connectivity index (χ1n) is 10.4. The van der Waals surface area contributed by atoms with Gasteiger partial charge in [-0.25, -0.2) is 0 Å². The van der Waals surface area contributed by atoms with Crippen molar-refractivity contribution in [3.63, 3.8) is 0 Å². The Balaban J connectivity index is 1.52. The molecule has 3 saturated heterocycles. The van der Waals surface area contributed by atoms with Crippen molar-refractivity contribution in [1.29, 1.82) is 0 Å². The minimum atomic E-state index is -1.51. The lowest BCUT2D eigenvalue weighted by atomic mass is 9.43. The molecule has 6 aliphatic rings. The van der Waals surface area contributed by atoms with Gasteiger partial charge in [-0.2, -0.15) is 0 Å². The largest absolute Gasteiger partial charge is 0.508 e. The third kappa shape index (κ3) is 1.89. The molecule has 0 aromatic carbocycles. The molecule has 0 radical (unpaired) electrons. The van der Waals surface area contributed by atoms with E-state index in [1.165, 1.54) is 6.42 Å². The van der Waals surface area contributed by atoms with Crippen molar-refractivity contribution in [2.24, 2.45) is 23.2 Å². The van der Waals surface area contributed by atoms with Gasteiger partial charge in [-0.15, -0.1) is 0 Å². The number of quaternary nitrogens is 1. The van der Waals surface area contributed by atoms with Gasteiger partial charge in [0.25, 0.3) is 5.91 Å². The van der Waals surface area contributed by atoms with Gasteiger partial charge in [-0.1, -0.05) is 34.1 Å². The highest BCUT2D eigenvalue weighted by atomic mass is 16.7. The summed E-state index contributed by atoms with van der Waals surface area (Å²) >= 11 is 0. The first-order chi connectivity index (χ1) is 11.7. The first kappa shape index (κ1) is 16.6. The standard InChI is InChI=1S/C19H33BN2O3/c1-11(2)16-17(23)22-8-6-7-15(22)20(21-16)24-14-10-12-9-13(18(12,3)4)19(14,5)25-20/h11-16H,6-10,21H2,1-5H3/t12-,13-,14+,15?,16-,19-,20?/m0/s1. The van der Waals surface area contributed by atoms with Crippen LogP contribution in [0.15, 0.2) is 0 Å². The predicted octanol–water partition coefficient (Wildman–Crippen LogP) is 1.30. The molecule has 3 heterocycles. The number of rotatable bonds is 1. The summed E-state index contributed by atoms with van der Waals surface area (Å²) in [5.41, 5.74) is 0.165. The summed E-state index contributed by atoms with van der Waals surface area (Å²) in [6.07, 6.45) is 4.68. The van der Waals surface area contributed by atoms with Crippen molar-refractivity contribution in [3.05, 3.63) is 0 Å². The van der Waals surface area contributed by atoms with Crippen LogP contribution in [0.3, 0.4) is 0 Å². The summed E-state index contributed by atoms with van der Waals surface area (Å²) in [6.45, 7) is 10.7. The van der Waals surface area contributed by atoms with Gasteiger partial charge in [0.15, 0.2) is 0 Å². The average molecular weight is 348 g/mol. The Morgan fingerprint density at radius 3 is 2.72 bits per heavy atom. The van der Waals surface area contributed by atoms with Gasteiger partial charge in [0.2, 0.25) is 0 Å². The molecule has 2 N–H and O–H groups in total. The number of nitrogens with zero attached hydrogens (tertiary/aromatic N) is 1. The molecular formula is C19H33BN2O3. The fourth-order valence-electron chi connectivity index (χ4n) is 7.14. The lowest BCUT2D eigenvalue weighted by molar-refractivity contribution is -0.600. The van der Waals surface area contributed by atoms with Crippen LogP contribution in [0.5, 0.6) is 0 Å². The number of hydrogen-bond acceptors (Lipinski definition) is 3. The van der Waals surface area contributed by atoms with Crippen LogP contribution in [0.1, 0.15) is 60.3 Å². The van der Waals surface area contributed by atoms with E-state index < -0.39 is 6.69 Å². The van der Waals surface area contributed by atoms with Crippen molar-refractivity contribution in [1.82, 2.24) is 4.90 Å². The van der Waals surface area contributed by atoms with Crippen molar-refractivity contribution < 1.29 is 19.3 Å². The normalized spacial score (nSPS) is 53.1. The monoisotopic (exact) mass is 348 g/mol. The lowest BCUT2D eigenvalue weighted by Crippen LogP contribution is -3.13. The highest BCUT2D eigenvalue weighted by molar-refractivity contribution is 6.61. The van der Waals surface area contributed by atoms with Gasteiger partial charge in [0, 0.05) is 24.5 Å². The molecule has 6 fully saturated rings. The Morgan fingerprint density at radius 2 is 2.04 bits per heavy atom. The summed E-state index contributed by atoms with van der Waals surface area (Å²) in [6, 6.07) is -0.0684. The molecule has 3 aliphatic carbocycles. The fourth-order valence-corrected chi connectivity index (χ4v) is 7.14. The van der Waals surface area contributed by atoms with Crippen LogP contribution in [0.4, 0.5) is 0 Å². The molecule has 3 aliphatic heterocycles. The number of carbonyl (C=O) groups is 1. The summed E-state index contributed by atoms with van der Waals surface area (Å²) < 4.78 is 13.8. The zero-order valence-corrected chi connectivity index (χ0v) is 16.3. The third-order valence-electron chi connectivity index (χ3n) is 8.71. The predicted molar refractivity (Wildman–Crippen MR) is 95.4 cm³/mol. The van der Waals surface area contributed by atoms with Crippen LogP contribution in [0.25, 0.3) is 0 Å². The van der Waals surface area contributed by atoms with E-state index in [9.17, 15) is 4.79 Å². The van der Waals surface area contributed by atoms with Crippen molar-refractivity contribution in [2.75, 3.05) is 6.54 Å². The van der Waals surface area contributed by atoms with Gasteiger partial charge >= 0.3 is 6.69 Å². The van der Waals surface area contributed by atoms with Crippen LogP contribution in [0, 0.1) is 23.2 Å². The zero-order chi connectivity index (χ0) is 17.8. The lowest BCUT2D eigenvalue weighted by Gasteiger charge is -2.65. The van der Waals surface area contributed by atoms with E-state index in [0.29, 0.717) is 23.2 Å². The summed E-state index contributed by atoms with van der Waals surface area (Å²) in [4.78, 5) is 15.1. The van der Waals surface area contributed by atoms with Crippen LogP contribution < -0.4 is 5.23 Å². The maximum atomic E-state index is 13.0. The molecule has 5 nitrogen and oxygen atoms in total. The molecule has 0 aromatic rings. The summed E-state index contributed by atoms with van der Waals surface area (Å²) in [5, 5.41) is 2.22. The van der Waals surface area contributed by atoms with E-state index in [2.05, 4.69) is 44.7 Å². The van der Waals surface area contributed by atoms with E-state index in [-0.39, 0.29) is 23.7 Å². The molecule has 7 atom stereocenters. The fraction of sp³-hybridized carbons (Fsp3) is 0.947. The van der Waals surface area contributed by atoms with Crippen LogP contribution >= 0.6 is 0 Å². The van der Waals surface area contributed by atoms with Gasteiger partial charge < -0.3 is 19.4 Å². The number of fused-ring (bicyclic) bond motifs is 2. The summed E-state index contributed by atoms with van der Waals surface area (Å²) in [5.74, 6) is 2.05. The second kappa shape index (κ2) is 4.82. The Hall–Kier alpha value is -0.585. The molecule has 0 aromatic heterocycles. The molecule has 6 heteroatoms. The average Bonchev–Trinajstić information content (AvgIpc) is 3.12. The molecule has 1 amide bonds. The topological polar surface area (TPSA) is 55.4 Å². The van der Waals surface area contributed by atoms with Crippen molar-refractivity contribution in [2.45, 2.75) is 84.0 Å². The van der Waals surface area contributed by atoms with Gasteiger partial charge in [-0.3, -0.25) is 4.79 Å². The Labute approximate surface area is 151 Å². The molecule has 1 spiro atoms. The minimum absolute atomic E-state index is 0.0684. The molecule has 3 saturated carbocycles. The van der Waals surface area contributed by atoms with E-state index in [1.54, 1.807) is 0 Å². The second-order valence-corrected chi connectivity index (χ2v) is 10.5. The van der Waals surface area contributed by atoms with Crippen molar-refractivity contribution in [3.8, 4) is 0 Å². The van der Waals surface area contributed by atoms with E-state index >= 15 is 0 Å². The minimum Gasteiger partial charge on any atom is -0.508 e. The summed E-state index contributed by atoms with van der Waals surface area (Å²) in [7, 11) is 0. The maximum Gasteiger partial charge on any atom is 0.492 e. The van der Waals surface area contributed by atoms with Crippen molar-refractivity contribution >= 4 is 12.6 Å². The third-order valence-corrected chi connectivity index (χ3v) is 8.71. The van der Waals surface area contributed by atoms with Crippen LogP contribution in [-0.2, 0) is 14.1 Å². The van der Waals surface area contributed by atoms with Gasteiger partial charge in [0.05, 0.1) is 5.60 Å². The van der Waals surface area contributed by atoms with Gasteiger partial charge in [-0.05, 0) is 43.4 Å². The second-order valence-electron chi connectivity index (χ2n) is 10.5. The number of carbonyl (C=O) groups excluding carboxylic acids is 1. The zero-order valence-electron chi connectivity index (χ0n) is 16.3. The quantitative estimate of drug-likeness (QED) is 0.727. The first-order valence-corrected chi connectivity index (χ1v) is 10.4. The van der Waals surface area contributed by atoms with E-state index in [4.69, 9.17) is 9.31 Å². The Morgan fingerprint density at radius 1 is 1.28 bits per heavy atom. The van der Waals surface area contributed by atoms with Crippen LogP contribution in [0.2, 0.25) is 0 Å². The molecule has 140 valence electrons. The highest BCUT2D eigenvalue weighted by Gasteiger charge is 2.72. The maximum absolute atomic E-state index is 13.0. The molecule has 2 unspecified atom stereocenters. The molecule has 6 rings (SSSR count). The molecule has 25 heavy (non-hydrogen) atoms. The Bertz CT molecular complexity index is 622. The Kier molecular flexibility index (Phi) is 3.19. The SMILES string of the molecule is CC(C)[C@@H]1[NH2+][B-]2(O[C@@H]3C[C@@H]4C[C@@H](C4(C)C)[C@]3(C)O2)C2CCCN2C1=O. The number of nitrogens with two attached hydrogens (primary N) is 1.